The van der Waals surface area contributed by atoms with E-state index in [4.69, 9.17) is 0 Å². The van der Waals surface area contributed by atoms with Gasteiger partial charge in [0.2, 0.25) is 21.8 Å². The van der Waals surface area contributed by atoms with Crippen LogP contribution in [0.3, 0.4) is 0 Å². The Morgan fingerprint density at radius 3 is 2.30 bits per heavy atom. The summed E-state index contributed by atoms with van der Waals surface area (Å²) >= 11 is 1.20. The van der Waals surface area contributed by atoms with Gasteiger partial charge in [-0.15, -0.1) is 11.3 Å². The second-order valence-electron chi connectivity index (χ2n) is 5.40. The van der Waals surface area contributed by atoms with Gasteiger partial charge in [0.15, 0.2) is 0 Å². The third kappa shape index (κ3) is 4.76. The van der Waals surface area contributed by atoms with E-state index < -0.39 is 10.0 Å². The van der Waals surface area contributed by atoms with Gasteiger partial charge in [0, 0.05) is 50.9 Å². The van der Waals surface area contributed by atoms with Gasteiger partial charge in [0.1, 0.15) is 4.21 Å². The lowest BCUT2D eigenvalue weighted by molar-refractivity contribution is -0.138. The highest BCUT2D eigenvalue weighted by molar-refractivity contribution is 7.91. The van der Waals surface area contributed by atoms with E-state index in [1.165, 1.54) is 18.3 Å². The van der Waals surface area contributed by atoms with E-state index in [9.17, 15) is 18.0 Å². The van der Waals surface area contributed by atoms with Crippen LogP contribution in [0.1, 0.15) is 18.2 Å². The highest BCUT2D eigenvalue weighted by Crippen LogP contribution is 2.20. The van der Waals surface area contributed by atoms with Gasteiger partial charge in [-0.3, -0.25) is 9.59 Å². The molecule has 1 saturated heterocycles. The first-order valence-corrected chi connectivity index (χ1v) is 9.69. The van der Waals surface area contributed by atoms with Crippen molar-refractivity contribution in [1.82, 2.24) is 14.5 Å². The van der Waals surface area contributed by atoms with Gasteiger partial charge in [-0.25, -0.2) is 13.1 Å². The van der Waals surface area contributed by atoms with Crippen LogP contribution in [-0.4, -0.2) is 62.8 Å². The number of hydrogen-bond acceptors (Lipinski definition) is 5. The highest BCUT2D eigenvalue weighted by Gasteiger charge is 2.23. The van der Waals surface area contributed by atoms with Crippen molar-refractivity contribution in [1.29, 1.82) is 0 Å². The van der Waals surface area contributed by atoms with Crippen molar-refractivity contribution in [3.05, 3.63) is 17.0 Å². The molecule has 1 aliphatic heterocycles. The molecule has 1 fully saturated rings. The van der Waals surface area contributed by atoms with Gasteiger partial charge in [0.25, 0.3) is 0 Å². The first kappa shape index (κ1) is 17.9. The van der Waals surface area contributed by atoms with Crippen molar-refractivity contribution in [2.75, 3.05) is 32.7 Å². The molecule has 0 radical (unpaired) electrons. The van der Waals surface area contributed by atoms with E-state index in [0.717, 1.165) is 4.88 Å². The molecule has 0 aromatic carbocycles. The fourth-order valence-corrected chi connectivity index (χ4v) is 4.71. The van der Waals surface area contributed by atoms with Crippen LogP contribution in [0, 0.1) is 6.92 Å². The Bertz CT molecular complexity index is 676. The highest BCUT2D eigenvalue weighted by atomic mass is 32.2. The SMILES string of the molecule is CC(=O)N1CCN(C(=O)CCNS(=O)(=O)c2ccc(C)s2)CC1. The van der Waals surface area contributed by atoms with Gasteiger partial charge in [-0.1, -0.05) is 0 Å². The lowest BCUT2D eigenvalue weighted by Gasteiger charge is -2.34. The van der Waals surface area contributed by atoms with Crippen molar-refractivity contribution in [3.63, 3.8) is 0 Å². The summed E-state index contributed by atoms with van der Waals surface area (Å²) in [4.78, 5) is 27.6. The maximum Gasteiger partial charge on any atom is 0.250 e. The zero-order valence-electron chi connectivity index (χ0n) is 13.2. The van der Waals surface area contributed by atoms with Crippen molar-refractivity contribution in [2.24, 2.45) is 0 Å². The third-order valence-electron chi connectivity index (χ3n) is 3.69. The third-order valence-corrected chi connectivity index (χ3v) is 6.64. The van der Waals surface area contributed by atoms with Gasteiger partial charge < -0.3 is 9.80 Å². The largest absolute Gasteiger partial charge is 0.339 e. The maximum absolute atomic E-state index is 12.1. The van der Waals surface area contributed by atoms with Gasteiger partial charge >= 0.3 is 0 Å². The van der Waals surface area contributed by atoms with Crippen molar-refractivity contribution in [3.8, 4) is 0 Å². The van der Waals surface area contributed by atoms with E-state index in [1.807, 2.05) is 6.92 Å². The summed E-state index contributed by atoms with van der Waals surface area (Å²) in [6.45, 7) is 5.48. The molecule has 7 nitrogen and oxygen atoms in total. The Morgan fingerprint density at radius 1 is 1.17 bits per heavy atom. The number of thiophene rings is 1. The molecule has 23 heavy (non-hydrogen) atoms. The molecule has 0 spiro atoms. The maximum atomic E-state index is 12.1. The molecule has 0 unspecified atom stereocenters. The van der Waals surface area contributed by atoms with Crippen LogP contribution >= 0.6 is 11.3 Å². The van der Waals surface area contributed by atoms with Crippen molar-refractivity contribution < 1.29 is 18.0 Å². The minimum absolute atomic E-state index is 0.0103. The number of nitrogens with one attached hydrogen (secondary N) is 1. The summed E-state index contributed by atoms with van der Waals surface area (Å²) < 4.78 is 26.8. The topological polar surface area (TPSA) is 86.8 Å². The van der Waals surface area contributed by atoms with Crippen LogP contribution in [0.15, 0.2) is 16.3 Å². The molecule has 1 aromatic rings. The molecule has 2 rings (SSSR count). The van der Waals surface area contributed by atoms with Crippen LogP contribution < -0.4 is 4.72 Å². The van der Waals surface area contributed by atoms with Crippen molar-refractivity contribution in [2.45, 2.75) is 24.5 Å². The van der Waals surface area contributed by atoms with E-state index >= 15 is 0 Å². The number of carbonyl (C=O) groups is 2. The van der Waals surface area contributed by atoms with Crippen LogP contribution in [0.5, 0.6) is 0 Å². The molecule has 9 heteroatoms. The average Bonchev–Trinajstić information content (AvgIpc) is 2.94. The van der Waals surface area contributed by atoms with E-state index in [2.05, 4.69) is 4.72 Å². The second kappa shape index (κ2) is 7.41. The minimum Gasteiger partial charge on any atom is -0.339 e. The first-order chi connectivity index (χ1) is 10.8. The minimum atomic E-state index is -3.54. The number of rotatable bonds is 5. The molecule has 0 saturated carbocycles. The molecule has 1 aliphatic rings. The Morgan fingerprint density at radius 2 is 1.78 bits per heavy atom. The van der Waals surface area contributed by atoms with Crippen LogP contribution in [-0.2, 0) is 19.6 Å². The van der Waals surface area contributed by atoms with Gasteiger partial charge in [-0.05, 0) is 19.1 Å². The zero-order valence-corrected chi connectivity index (χ0v) is 14.9. The number of hydrogen-bond donors (Lipinski definition) is 1. The predicted molar refractivity (Wildman–Crippen MR) is 87.7 cm³/mol. The molecular weight excluding hydrogens is 338 g/mol. The molecule has 128 valence electrons. The van der Waals surface area contributed by atoms with Crippen LogP contribution in [0.25, 0.3) is 0 Å². The lowest BCUT2D eigenvalue weighted by atomic mass is 10.3. The number of amides is 2. The van der Waals surface area contributed by atoms with Crippen LogP contribution in [0.2, 0.25) is 0 Å². The smallest absolute Gasteiger partial charge is 0.250 e. The molecule has 2 amide bonds. The molecule has 1 N–H and O–H groups in total. The molecule has 0 atom stereocenters. The fraction of sp³-hybridized carbons (Fsp3) is 0.571. The molecule has 0 bridgehead atoms. The second-order valence-corrected chi connectivity index (χ2v) is 8.68. The summed E-state index contributed by atoms with van der Waals surface area (Å²) in [7, 11) is -3.54. The van der Waals surface area contributed by atoms with E-state index in [1.54, 1.807) is 21.9 Å². The zero-order chi connectivity index (χ0) is 17.0. The summed E-state index contributed by atoms with van der Waals surface area (Å²) in [6.07, 6.45) is 0.115. The summed E-state index contributed by atoms with van der Waals surface area (Å²) in [5, 5.41) is 0. The Kier molecular flexibility index (Phi) is 5.77. The van der Waals surface area contributed by atoms with Gasteiger partial charge in [-0.2, -0.15) is 0 Å². The van der Waals surface area contributed by atoms with E-state index in [-0.39, 0.29) is 29.0 Å². The Hall–Kier alpha value is -1.45. The molecule has 0 aliphatic carbocycles. The number of aryl methyl sites for hydroxylation is 1. The lowest BCUT2D eigenvalue weighted by Crippen LogP contribution is -2.50. The molecule has 2 heterocycles. The normalized spacial score (nSPS) is 15.7. The van der Waals surface area contributed by atoms with Crippen molar-refractivity contribution >= 4 is 33.2 Å². The molecular formula is C14H21N3O4S2. The Labute approximate surface area is 140 Å². The summed E-state index contributed by atoms with van der Waals surface area (Å²) in [5.74, 6) is -0.0886. The quantitative estimate of drug-likeness (QED) is 0.825. The van der Waals surface area contributed by atoms with Crippen LogP contribution in [0.4, 0.5) is 0 Å². The summed E-state index contributed by atoms with van der Waals surface area (Å²) in [6, 6.07) is 3.31. The average molecular weight is 359 g/mol. The first-order valence-electron chi connectivity index (χ1n) is 7.39. The number of carbonyl (C=O) groups excluding carboxylic acids is 2. The number of nitrogens with zero attached hydrogens (tertiary/aromatic N) is 2. The van der Waals surface area contributed by atoms with Gasteiger partial charge in [0.05, 0.1) is 0 Å². The number of sulfonamides is 1. The molecule has 1 aromatic heterocycles. The fourth-order valence-electron chi connectivity index (χ4n) is 2.35. The predicted octanol–water partition coefficient (Wildman–Crippen LogP) is 0.416. The number of piperazine rings is 1. The Balaban J connectivity index is 1.78. The standard InChI is InChI=1S/C14H21N3O4S2/c1-11-3-4-14(22-11)23(20,21)15-6-5-13(19)17-9-7-16(8-10-17)12(2)18/h3-4,15H,5-10H2,1-2H3. The monoisotopic (exact) mass is 359 g/mol. The summed E-state index contributed by atoms with van der Waals surface area (Å²) in [5.41, 5.74) is 0. The van der Waals surface area contributed by atoms with E-state index in [0.29, 0.717) is 26.2 Å².